The summed E-state index contributed by atoms with van der Waals surface area (Å²) in [5.74, 6) is 0.583. The van der Waals surface area contributed by atoms with Crippen LogP contribution in [0.1, 0.15) is 16.8 Å². The Kier molecular flexibility index (Phi) is 4.51. The van der Waals surface area contributed by atoms with E-state index in [0.29, 0.717) is 41.0 Å². The predicted octanol–water partition coefficient (Wildman–Crippen LogP) is 1.99. The van der Waals surface area contributed by atoms with Crippen LogP contribution in [0.25, 0.3) is 11.4 Å². The van der Waals surface area contributed by atoms with Crippen molar-refractivity contribution in [2.24, 2.45) is 7.05 Å². The first-order chi connectivity index (χ1) is 14.5. The topological polar surface area (TPSA) is 84.2 Å². The Bertz CT molecular complexity index is 1180. The lowest BCUT2D eigenvalue weighted by molar-refractivity contribution is 0.0725. The minimum absolute atomic E-state index is 0.0127. The van der Waals surface area contributed by atoms with Gasteiger partial charge >= 0.3 is 0 Å². The number of hydrogen-bond acceptors (Lipinski definition) is 6. The van der Waals surface area contributed by atoms with Crippen molar-refractivity contribution in [2.75, 3.05) is 18.0 Å². The first-order valence-electron chi connectivity index (χ1n) is 9.69. The van der Waals surface area contributed by atoms with Gasteiger partial charge in [-0.05, 0) is 30.7 Å². The summed E-state index contributed by atoms with van der Waals surface area (Å²) in [6.45, 7) is 1.22. The van der Waals surface area contributed by atoms with E-state index in [4.69, 9.17) is 16.6 Å². The second kappa shape index (κ2) is 7.21. The normalized spacial score (nSPS) is 20.1. The molecular formula is C21H19ClN6O2. The van der Waals surface area contributed by atoms with Crippen molar-refractivity contribution < 1.29 is 4.79 Å². The van der Waals surface area contributed by atoms with Crippen LogP contribution < -0.4 is 10.5 Å². The summed E-state index contributed by atoms with van der Waals surface area (Å²) in [5.41, 5.74) is 1.57. The lowest BCUT2D eigenvalue weighted by Gasteiger charge is -2.35. The molecule has 2 atom stereocenters. The van der Waals surface area contributed by atoms with Gasteiger partial charge in [0.2, 0.25) is 5.95 Å². The molecule has 2 aromatic heterocycles. The van der Waals surface area contributed by atoms with Crippen LogP contribution in [0.15, 0.2) is 53.7 Å². The van der Waals surface area contributed by atoms with Gasteiger partial charge in [0.05, 0.1) is 23.5 Å². The molecule has 2 unspecified atom stereocenters. The average Bonchev–Trinajstić information content (AvgIpc) is 3.36. The molecular weight excluding hydrogens is 404 g/mol. The molecule has 2 aliphatic rings. The molecule has 0 aliphatic carbocycles. The number of likely N-dealkylation sites (tertiary alicyclic amines) is 1. The molecule has 1 amide bonds. The molecule has 0 saturated carbocycles. The SMILES string of the molecule is Cn1c(N2CC3CC2CN3C(=O)c2cccc(Cl)c2)nc(-c2ccncn2)cc1=O. The van der Waals surface area contributed by atoms with E-state index in [1.807, 2.05) is 4.90 Å². The van der Waals surface area contributed by atoms with Gasteiger partial charge in [-0.3, -0.25) is 14.2 Å². The molecule has 152 valence electrons. The molecule has 9 heteroatoms. The largest absolute Gasteiger partial charge is 0.335 e. The van der Waals surface area contributed by atoms with Crippen molar-refractivity contribution in [1.29, 1.82) is 0 Å². The monoisotopic (exact) mass is 422 g/mol. The van der Waals surface area contributed by atoms with Crippen LogP contribution in [-0.2, 0) is 7.05 Å². The Balaban J connectivity index is 1.42. The van der Waals surface area contributed by atoms with Crippen LogP contribution in [0.3, 0.4) is 0 Å². The maximum absolute atomic E-state index is 13.0. The summed E-state index contributed by atoms with van der Waals surface area (Å²) < 4.78 is 1.55. The molecule has 5 rings (SSSR count). The Morgan fingerprint density at radius 1 is 1.13 bits per heavy atom. The van der Waals surface area contributed by atoms with Crippen molar-refractivity contribution in [2.45, 2.75) is 18.5 Å². The van der Waals surface area contributed by atoms with Gasteiger partial charge in [0, 0.05) is 43.0 Å². The maximum Gasteiger partial charge on any atom is 0.255 e. The zero-order chi connectivity index (χ0) is 20.8. The fourth-order valence-electron chi connectivity index (χ4n) is 4.31. The number of nitrogens with zero attached hydrogens (tertiary/aromatic N) is 6. The van der Waals surface area contributed by atoms with Crippen LogP contribution in [0, 0.1) is 0 Å². The van der Waals surface area contributed by atoms with E-state index < -0.39 is 0 Å². The maximum atomic E-state index is 13.0. The van der Waals surface area contributed by atoms with Gasteiger partial charge in [-0.2, -0.15) is 0 Å². The number of hydrogen-bond donors (Lipinski definition) is 0. The molecule has 2 aliphatic heterocycles. The highest BCUT2D eigenvalue weighted by Gasteiger charge is 2.46. The molecule has 0 spiro atoms. The summed E-state index contributed by atoms with van der Waals surface area (Å²) in [6, 6.07) is 10.4. The Morgan fingerprint density at radius 2 is 2.00 bits per heavy atom. The molecule has 8 nitrogen and oxygen atoms in total. The van der Waals surface area contributed by atoms with Crippen LogP contribution in [0.4, 0.5) is 5.95 Å². The van der Waals surface area contributed by atoms with Gasteiger partial charge in [0.15, 0.2) is 0 Å². The van der Waals surface area contributed by atoms with Gasteiger partial charge in [-0.25, -0.2) is 15.0 Å². The fraction of sp³-hybridized carbons (Fsp3) is 0.286. The Labute approximate surface area is 177 Å². The van der Waals surface area contributed by atoms with Crippen molar-refractivity contribution >= 4 is 23.5 Å². The van der Waals surface area contributed by atoms with Crippen molar-refractivity contribution in [1.82, 2.24) is 24.4 Å². The number of aromatic nitrogens is 4. The van der Waals surface area contributed by atoms with Gasteiger partial charge in [-0.15, -0.1) is 0 Å². The van der Waals surface area contributed by atoms with E-state index in [0.717, 1.165) is 6.42 Å². The number of anilines is 1. The van der Waals surface area contributed by atoms with Crippen molar-refractivity contribution in [3.8, 4) is 11.4 Å². The van der Waals surface area contributed by atoms with E-state index in [2.05, 4.69) is 14.9 Å². The van der Waals surface area contributed by atoms with E-state index in [9.17, 15) is 9.59 Å². The summed E-state index contributed by atoms with van der Waals surface area (Å²) in [5, 5.41) is 0.549. The van der Waals surface area contributed by atoms with E-state index in [1.165, 1.54) is 12.4 Å². The minimum atomic E-state index is -0.150. The summed E-state index contributed by atoms with van der Waals surface area (Å²) in [6.07, 6.45) is 3.91. The molecule has 4 heterocycles. The van der Waals surface area contributed by atoms with Crippen LogP contribution in [0.2, 0.25) is 5.02 Å². The Hall–Kier alpha value is -3.26. The number of piperazine rings is 1. The number of amides is 1. The van der Waals surface area contributed by atoms with E-state index in [1.54, 1.807) is 48.1 Å². The van der Waals surface area contributed by atoms with Crippen LogP contribution in [0.5, 0.6) is 0 Å². The van der Waals surface area contributed by atoms with Gasteiger partial charge in [0.25, 0.3) is 11.5 Å². The molecule has 1 aromatic carbocycles. The minimum Gasteiger partial charge on any atom is -0.335 e. The highest BCUT2D eigenvalue weighted by molar-refractivity contribution is 6.30. The smallest absolute Gasteiger partial charge is 0.255 e. The number of benzene rings is 1. The van der Waals surface area contributed by atoms with Crippen LogP contribution in [-0.4, -0.2) is 55.5 Å². The highest BCUT2D eigenvalue weighted by atomic mass is 35.5. The first kappa shape index (κ1) is 18.7. The van der Waals surface area contributed by atoms with Gasteiger partial charge < -0.3 is 9.80 Å². The average molecular weight is 423 g/mol. The van der Waals surface area contributed by atoms with E-state index >= 15 is 0 Å². The van der Waals surface area contributed by atoms with E-state index in [-0.39, 0.29) is 23.6 Å². The van der Waals surface area contributed by atoms with Gasteiger partial charge in [0.1, 0.15) is 6.33 Å². The molecule has 0 radical (unpaired) electrons. The standard InChI is InChI=1S/C21H19ClN6O2/c1-26-19(29)9-18(17-5-6-23-12-24-17)25-21(26)28-11-15-8-16(28)10-27(15)20(30)13-3-2-4-14(22)7-13/h2-7,9,12,15-16H,8,10-11H2,1H3. The summed E-state index contributed by atoms with van der Waals surface area (Å²) in [7, 11) is 1.72. The third-order valence-corrected chi connectivity index (χ3v) is 6.02. The zero-order valence-corrected chi connectivity index (χ0v) is 17.0. The second-order valence-electron chi connectivity index (χ2n) is 7.60. The number of carbonyl (C=O) groups is 1. The highest BCUT2D eigenvalue weighted by Crippen LogP contribution is 2.34. The predicted molar refractivity (Wildman–Crippen MR) is 113 cm³/mol. The third-order valence-electron chi connectivity index (χ3n) is 5.79. The van der Waals surface area contributed by atoms with Gasteiger partial charge in [-0.1, -0.05) is 17.7 Å². The number of halogens is 1. The lowest BCUT2D eigenvalue weighted by Crippen LogP contribution is -2.50. The Morgan fingerprint density at radius 3 is 2.70 bits per heavy atom. The number of rotatable bonds is 3. The molecule has 2 fully saturated rings. The second-order valence-corrected chi connectivity index (χ2v) is 8.03. The fourth-order valence-corrected chi connectivity index (χ4v) is 4.50. The summed E-state index contributed by atoms with van der Waals surface area (Å²) >= 11 is 6.05. The van der Waals surface area contributed by atoms with Crippen molar-refractivity contribution in [3.63, 3.8) is 0 Å². The summed E-state index contributed by atoms with van der Waals surface area (Å²) in [4.78, 5) is 42.4. The molecule has 30 heavy (non-hydrogen) atoms. The number of fused-ring (bicyclic) bond motifs is 2. The lowest BCUT2D eigenvalue weighted by atomic mass is 10.1. The van der Waals surface area contributed by atoms with Crippen LogP contribution >= 0.6 is 11.6 Å². The van der Waals surface area contributed by atoms with Crippen molar-refractivity contribution in [3.05, 3.63) is 69.9 Å². The quantitative estimate of drug-likeness (QED) is 0.641. The zero-order valence-electron chi connectivity index (χ0n) is 16.3. The molecule has 0 N–H and O–H groups in total. The molecule has 3 aromatic rings. The third kappa shape index (κ3) is 3.13. The molecule has 2 bridgehead atoms. The first-order valence-corrected chi connectivity index (χ1v) is 10.1. The number of carbonyl (C=O) groups excluding carboxylic acids is 1. The molecule has 2 saturated heterocycles.